The monoisotopic (exact) mass is 895 g/mol. The standard InChI is InChI=1S/C46H51ClN7O8P/c1-62-38-26-31(14-13-28(38)25-40-49-27-34(47)36(51-40)24-29-8-4-5-12-39(29)63(2,3)61)53-22-19-30(20-23-53)50-41(56)17-15-32(55)9-7-21-48-35-11-6-10-33-43(35)46(60)54(45(33)59)37-16-18-42(57)52-44(37)58/h4-6,8,10-14,26-27,30,37,48H,7,9,15-25H2,1-3H3,(H,50,56)(H,52,57,58). The summed E-state index contributed by atoms with van der Waals surface area (Å²) < 4.78 is 18.7. The van der Waals surface area contributed by atoms with Gasteiger partial charge in [-0.1, -0.05) is 48.0 Å². The summed E-state index contributed by atoms with van der Waals surface area (Å²) in [7, 11) is -0.868. The Morgan fingerprint density at radius 3 is 2.44 bits per heavy atom. The van der Waals surface area contributed by atoms with Gasteiger partial charge in [0, 0.05) is 98.7 Å². The minimum absolute atomic E-state index is 0.00729. The number of Topliss-reactive ketones (excluding diaryl/α,β-unsaturated/α-hetero) is 1. The zero-order valence-corrected chi connectivity index (χ0v) is 37.2. The van der Waals surface area contributed by atoms with E-state index < -0.39 is 36.8 Å². The summed E-state index contributed by atoms with van der Waals surface area (Å²) >= 11 is 6.54. The van der Waals surface area contributed by atoms with E-state index in [1.165, 1.54) is 6.07 Å². The number of anilines is 2. The Balaban J connectivity index is 0.835. The number of nitrogens with zero attached hydrogens (tertiary/aromatic N) is 4. The average Bonchev–Trinajstić information content (AvgIpc) is 3.51. The number of aromatic nitrogens is 2. The third-order valence-corrected chi connectivity index (χ3v) is 13.6. The highest BCUT2D eigenvalue weighted by molar-refractivity contribution is 7.70. The molecule has 3 N–H and O–H groups in total. The molecule has 3 aliphatic heterocycles. The number of halogens is 1. The lowest BCUT2D eigenvalue weighted by molar-refractivity contribution is -0.136. The lowest BCUT2D eigenvalue weighted by Crippen LogP contribution is -2.54. The first-order valence-corrected chi connectivity index (χ1v) is 24.1. The molecular weight excluding hydrogens is 845 g/mol. The van der Waals surface area contributed by atoms with Crippen molar-refractivity contribution in [2.45, 2.75) is 76.3 Å². The van der Waals surface area contributed by atoms with Crippen LogP contribution in [0.15, 0.2) is 66.9 Å². The minimum atomic E-state index is -2.50. The number of nitrogens with one attached hydrogen (secondary N) is 3. The van der Waals surface area contributed by atoms with E-state index in [4.69, 9.17) is 21.3 Å². The zero-order chi connectivity index (χ0) is 44.8. The normalized spacial score (nSPS) is 16.8. The van der Waals surface area contributed by atoms with Gasteiger partial charge in [-0.25, -0.2) is 9.97 Å². The quantitative estimate of drug-likeness (QED) is 0.0705. The number of benzene rings is 3. The Hall–Kier alpha value is -5.92. The third-order valence-electron chi connectivity index (χ3n) is 11.7. The molecule has 1 aromatic heterocycles. The van der Waals surface area contributed by atoms with Crippen LogP contribution >= 0.6 is 18.7 Å². The Labute approximate surface area is 371 Å². The van der Waals surface area contributed by atoms with Gasteiger partial charge in [-0.05, 0) is 62.8 Å². The average molecular weight is 896 g/mol. The number of rotatable bonds is 17. The predicted octanol–water partition coefficient (Wildman–Crippen LogP) is 5.30. The van der Waals surface area contributed by atoms with Crippen molar-refractivity contribution in [1.82, 2.24) is 25.5 Å². The van der Waals surface area contributed by atoms with E-state index >= 15 is 0 Å². The van der Waals surface area contributed by atoms with Crippen LogP contribution in [0.3, 0.4) is 0 Å². The molecular formula is C46H51ClN7O8P. The van der Waals surface area contributed by atoms with Crippen molar-refractivity contribution >= 4 is 70.7 Å². The van der Waals surface area contributed by atoms with Gasteiger partial charge in [-0.15, -0.1) is 0 Å². The summed E-state index contributed by atoms with van der Waals surface area (Å²) in [5.41, 5.74) is 4.28. The molecule has 0 aliphatic carbocycles. The van der Waals surface area contributed by atoms with E-state index in [-0.39, 0.29) is 61.0 Å². The molecule has 63 heavy (non-hydrogen) atoms. The number of ketones is 1. The number of amides is 5. The third kappa shape index (κ3) is 10.7. The fourth-order valence-electron chi connectivity index (χ4n) is 8.40. The molecule has 7 rings (SSSR count). The van der Waals surface area contributed by atoms with Crippen molar-refractivity contribution in [2.75, 3.05) is 50.3 Å². The Kier molecular flexibility index (Phi) is 14.1. The van der Waals surface area contributed by atoms with Crippen molar-refractivity contribution in [2.24, 2.45) is 0 Å². The molecule has 0 radical (unpaired) electrons. The van der Waals surface area contributed by atoms with Gasteiger partial charge in [-0.2, -0.15) is 0 Å². The second-order valence-electron chi connectivity index (χ2n) is 16.5. The topological polar surface area (TPSA) is 197 Å². The van der Waals surface area contributed by atoms with Crippen LogP contribution in [0, 0.1) is 0 Å². The maximum atomic E-state index is 13.3. The summed E-state index contributed by atoms with van der Waals surface area (Å²) in [5.74, 6) is -1.22. The van der Waals surface area contributed by atoms with E-state index in [0.717, 1.165) is 52.9 Å². The second-order valence-corrected chi connectivity index (χ2v) is 20.1. The number of fused-ring (bicyclic) bond motifs is 1. The van der Waals surface area contributed by atoms with Crippen LogP contribution in [0.2, 0.25) is 5.02 Å². The largest absolute Gasteiger partial charge is 0.496 e. The fourth-order valence-corrected chi connectivity index (χ4v) is 9.84. The van der Waals surface area contributed by atoms with Crippen molar-refractivity contribution in [3.05, 3.63) is 106 Å². The molecule has 15 nitrogen and oxygen atoms in total. The molecule has 1 unspecified atom stereocenters. The first kappa shape index (κ1) is 45.1. The Bertz CT molecular complexity index is 2500. The lowest BCUT2D eigenvalue weighted by atomic mass is 10.0. The maximum absolute atomic E-state index is 13.3. The Morgan fingerprint density at radius 2 is 1.70 bits per heavy atom. The molecule has 17 heteroatoms. The van der Waals surface area contributed by atoms with Crippen molar-refractivity contribution < 1.29 is 38.1 Å². The van der Waals surface area contributed by atoms with Crippen LogP contribution in [0.1, 0.15) is 94.7 Å². The zero-order valence-electron chi connectivity index (χ0n) is 35.6. The molecule has 3 aromatic carbocycles. The highest BCUT2D eigenvalue weighted by Gasteiger charge is 2.45. The number of ether oxygens (including phenoxy) is 1. The molecule has 3 aliphatic rings. The van der Waals surface area contributed by atoms with E-state index in [1.54, 1.807) is 38.8 Å². The molecule has 2 fully saturated rings. The lowest BCUT2D eigenvalue weighted by Gasteiger charge is -2.34. The van der Waals surface area contributed by atoms with Gasteiger partial charge >= 0.3 is 0 Å². The predicted molar refractivity (Wildman–Crippen MR) is 240 cm³/mol. The van der Waals surface area contributed by atoms with Crippen molar-refractivity contribution in [3.8, 4) is 5.75 Å². The molecule has 4 aromatic rings. The van der Waals surface area contributed by atoms with Crippen LogP contribution in [0.25, 0.3) is 0 Å². The SMILES string of the molecule is COc1cc(N2CCC(NC(=O)CCC(=O)CCCNc3cccc4c3C(=O)N(C3CCC(=O)NC3=O)C4=O)CC2)ccc1Cc1ncc(Cl)c(Cc2ccccc2P(C)(C)=O)n1. The molecule has 5 amide bonds. The summed E-state index contributed by atoms with van der Waals surface area (Å²) in [6.45, 7) is 5.32. The second kappa shape index (κ2) is 19.6. The van der Waals surface area contributed by atoms with Gasteiger partial charge in [0.15, 0.2) is 0 Å². The fraction of sp³-hybridized carbons (Fsp3) is 0.391. The van der Waals surface area contributed by atoms with Gasteiger partial charge in [0.1, 0.15) is 30.5 Å². The minimum Gasteiger partial charge on any atom is -0.496 e. The molecule has 330 valence electrons. The molecule has 2 saturated heterocycles. The number of hydrogen-bond acceptors (Lipinski definition) is 12. The van der Waals surface area contributed by atoms with Crippen LogP contribution in [0.4, 0.5) is 11.4 Å². The summed E-state index contributed by atoms with van der Waals surface area (Å²) in [6.07, 6.45) is 4.96. The maximum Gasteiger partial charge on any atom is 0.264 e. The van der Waals surface area contributed by atoms with Crippen molar-refractivity contribution in [1.29, 1.82) is 0 Å². The van der Waals surface area contributed by atoms with Gasteiger partial charge in [0.2, 0.25) is 17.7 Å². The number of hydrogen-bond donors (Lipinski definition) is 3. The van der Waals surface area contributed by atoms with Gasteiger partial charge in [0.25, 0.3) is 11.8 Å². The highest BCUT2D eigenvalue weighted by atomic mass is 35.5. The molecule has 4 heterocycles. The first-order valence-electron chi connectivity index (χ1n) is 21.1. The van der Waals surface area contributed by atoms with Crippen LogP contribution in [0.5, 0.6) is 5.75 Å². The van der Waals surface area contributed by atoms with Gasteiger partial charge < -0.3 is 24.8 Å². The van der Waals surface area contributed by atoms with E-state index in [2.05, 4.69) is 31.9 Å². The van der Waals surface area contributed by atoms with E-state index in [1.807, 2.05) is 36.4 Å². The number of imide groups is 2. The molecule has 0 saturated carbocycles. The molecule has 0 bridgehead atoms. The molecule has 1 atom stereocenters. The smallest absolute Gasteiger partial charge is 0.264 e. The van der Waals surface area contributed by atoms with Crippen molar-refractivity contribution in [3.63, 3.8) is 0 Å². The van der Waals surface area contributed by atoms with Crippen LogP contribution < -0.4 is 30.9 Å². The van der Waals surface area contributed by atoms with Crippen LogP contribution in [-0.2, 0) is 36.6 Å². The summed E-state index contributed by atoms with van der Waals surface area (Å²) in [4.78, 5) is 88.5. The van der Waals surface area contributed by atoms with Crippen LogP contribution in [-0.4, -0.2) is 102 Å². The number of carbonyl (C=O) groups is 6. The first-order chi connectivity index (χ1) is 30.2. The van der Waals surface area contributed by atoms with Gasteiger partial charge in [-0.3, -0.25) is 39.0 Å². The van der Waals surface area contributed by atoms with E-state index in [0.29, 0.717) is 53.8 Å². The molecule has 0 spiro atoms. The number of carbonyl (C=O) groups excluding carboxylic acids is 6. The van der Waals surface area contributed by atoms with Gasteiger partial charge in [0.05, 0.1) is 29.0 Å². The number of piperidine rings is 2. The summed E-state index contributed by atoms with van der Waals surface area (Å²) in [6, 6.07) is 17.5. The summed E-state index contributed by atoms with van der Waals surface area (Å²) in [5, 5.41) is 9.70. The highest BCUT2D eigenvalue weighted by Crippen LogP contribution is 2.37. The number of methoxy groups -OCH3 is 1. The van der Waals surface area contributed by atoms with E-state index in [9.17, 15) is 33.3 Å². The Morgan fingerprint density at radius 1 is 0.921 bits per heavy atom.